The lowest BCUT2D eigenvalue weighted by Crippen LogP contribution is -2.30. The van der Waals surface area contributed by atoms with Crippen molar-refractivity contribution in [1.29, 1.82) is 0 Å². The summed E-state index contributed by atoms with van der Waals surface area (Å²) < 4.78 is 5.41. The smallest absolute Gasteiger partial charge is 0.343 e. The molecule has 0 N–H and O–H groups in total. The van der Waals surface area contributed by atoms with Crippen molar-refractivity contribution < 1.29 is 23.9 Å². The lowest BCUT2D eigenvalue weighted by Gasteiger charge is -2.15. The zero-order valence-corrected chi connectivity index (χ0v) is 16.7. The molecular weight excluding hydrogens is 384 g/mol. The fraction of sp³-hybridized carbons (Fsp3) is 0.304. The number of benzene rings is 2. The first-order valence-corrected chi connectivity index (χ1v) is 10.1. The van der Waals surface area contributed by atoms with E-state index in [2.05, 4.69) is 0 Å². The minimum atomic E-state index is -0.616. The van der Waals surface area contributed by atoms with E-state index in [1.807, 2.05) is 6.92 Å². The van der Waals surface area contributed by atoms with Crippen LogP contribution >= 0.6 is 0 Å². The van der Waals surface area contributed by atoms with Crippen LogP contribution in [0.2, 0.25) is 0 Å². The number of imide groups is 1. The molecule has 7 nitrogen and oxygen atoms in total. The van der Waals surface area contributed by atoms with Crippen LogP contribution in [0.5, 0.6) is 5.75 Å². The Bertz CT molecular complexity index is 1030. The summed E-state index contributed by atoms with van der Waals surface area (Å²) in [5.74, 6) is -0.892. The van der Waals surface area contributed by atoms with E-state index in [0.717, 1.165) is 24.9 Å². The molecule has 1 fully saturated rings. The molecule has 0 saturated carbocycles. The molecule has 2 heterocycles. The van der Waals surface area contributed by atoms with Crippen molar-refractivity contribution in [3.05, 3.63) is 59.2 Å². The van der Waals surface area contributed by atoms with E-state index in [-0.39, 0.29) is 28.8 Å². The monoisotopic (exact) mass is 406 g/mol. The van der Waals surface area contributed by atoms with Gasteiger partial charge in [-0.25, -0.2) is 4.79 Å². The summed E-state index contributed by atoms with van der Waals surface area (Å²) in [6, 6.07) is 11.2. The Labute approximate surface area is 174 Å². The number of carbonyl (C=O) groups excluding carboxylic acids is 4. The van der Waals surface area contributed by atoms with Crippen LogP contribution < -0.4 is 9.64 Å². The Balaban J connectivity index is 1.47. The maximum absolute atomic E-state index is 12.6. The first kappa shape index (κ1) is 19.8. The molecule has 2 aliphatic heterocycles. The van der Waals surface area contributed by atoms with Gasteiger partial charge >= 0.3 is 5.97 Å². The zero-order valence-electron chi connectivity index (χ0n) is 16.7. The number of amides is 3. The van der Waals surface area contributed by atoms with Gasteiger partial charge in [0.25, 0.3) is 11.8 Å². The second-order valence-corrected chi connectivity index (χ2v) is 7.41. The number of ether oxygens (including phenoxy) is 1. The Kier molecular flexibility index (Phi) is 5.35. The lowest BCUT2D eigenvalue weighted by molar-refractivity contribution is -0.117. The van der Waals surface area contributed by atoms with E-state index in [4.69, 9.17) is 4.74 Å². The molecule has 0 atom stereocenters. The minimum absolute atomic E-state index is 0.0880. The van der Waals surface area contributed by atoms with Crippen LogP contribution in [-0.2, 0) is 4.79 Å². The van der Waals surface area contributed by atoms with Gasteiger partial charge in [-0.2, -0.15) is 0 Å². The molecule has 154 valence electrons. The van der Waals surface area contributed by atoms with Gasteiger partial charge in [0.1, 0.15) is 5.75 Å². The molecule has 0 bridgehead atoms. The summed E-state index contributed by atoms with van der Waals surface area (Å²) in [4.78, 5) is 52.3. The van der Waals surface area contributed by atoms with E-state index in [1.54, 1.807) is 29.2 Å². The molecule has 3 amide bonds. The molecule has 0 radical (unpaired) electrons. The average Bonchev–Trinajstić information content (AvgIpc) is 3.28. The normalized spacial score (nSPS) is 15.7. The first-order valence-electron chi connectivity index (χ1n) is 10.1. The fourth-order valence-corrected chi connectivity index (χ4v) is 3.72. The van der Waals surface area contributed by atoms with E-state index >= 15 is 0 Å². The summed E-state index contributed by atoms with van der Waals surface area (Å²) in [7, 11) is 0. The molecule has 0 spiro atoms. The Morgan fingerprint density at radius 3 is 2.40 bits per heavy atom. The predicted octanol–water partition coefficient (Wildman–Crippen LogP) is 3.43. The molecule has 4 rings (SSSR count). The van der Waals surface area contributed by atoms with Gasteiger partial charge in [-0.05, 0) is 55.3 Å². The standard InChI is InChI=1S/C23H22N2O5/c1-2-3-12-25-21(27)18-11-6-15(14-19(18)22(25)28)23(29)30-17-9-7-16(8-10-17)24-13-4-5-20(24)26/h6-11,14H,2-5,12-13H2,1H3. The van der Waals surface area contributed by atoms with Gasteiger partial charge in [0, 0.05) is 25.2 Å². The van der Waals surface area contributed by atoms with Crippen LogP contribution in [0.25, 0.3) is 0 Å². The number of anilines is 1. The highest BCUT2D eigenvalue weighted by molar-refractivity contribution is 6.22. The molecule has 30 heavy (non-hydrogen) atoms. The maximum atomic E-state index is 12.6. The number of fused-ring (bicyclic) bond motifs is 1. The number of carbonyl (C=O) groups is 4. The summed E-state index contributed by atoms with van der Waals surface area (Å²) in [5.41, 5.74) is 1.51. The number of rotatable bonds is 6. The third kappa shape index (κ3) is 3.58. The van der Waals surface area contributed by atoms with Crippen molar-refractivity contribution in [2.24, 2.45) is 0 Å². The third-order valence-electron chi connectivity index (χ3n) is 5.37. The van der Waals surface area contributed by atoms with Gasteiger partial charge < -0.3 is 9.64 Å². The number of hydrogen-bond donors (Lipinski definition) is 0. The molecule has 0 unspecified atom stereocenters. The second-order valence-electron chi connectivity index (χ2n) is 7.41. The van der Waals surface area contributed by atoms with Crippen LogP contribution in [0.4, 0.5) is 5.69 Å². The molecular formula is C23H22N2O5. The van der Waals surface area contributed by atoms with Gasteiger partial charge in [0.15, 0.2) is 0 Å². The molecule has 0 aliphatic carbocycles. The van der Waals surface area contributed by atoms with Gasteiger partial charge in [0.05, 0.1) is 16.7 Å². The van der Waals surface area contributed by atoms with E-state index in [9.17, 15) is 19.2 Å². The molecule has 2 aliphatic rings. The van der Waals surface area contributed by atoms with Crippen LogP contribution in [0.1, 0.15) is 63.7 Å². The van der Waals surface area contributed by atoms with Crippen LogP contribution in [0, 0.1) is 0 Å². The quantitative estimate of drug-likeness (QED) is 0.417. The third-order valence-corrected chi connectivity index (χ3v) is 5.37. The molecule has 2 aromatic carbocycles. The summed E-state index contributed by atoms with van der Waals surface area (Å²) in [5, 5.41) is 0. The highest BCUT2D eigenvalue weighted by Crippen LogP contribution is 2.26. The number of hydrogen-bond acceptors (Lipinski definition) is 5. The van der Waals surface area contributed by atoms with Crippen molar-refractivity contribution >= 4 is 29.4 Å². The molecule has 0 aromatic heterocycles. The fourth-order valence-electron chi connectivity index (χ4n) is 3.72. The Morgan fingerprint density at radius 2 is 1.73 bits per heavy atom. The molecule has 1 saturated heterocycles. The van der Waals surface area contributed by atoms with E-state index in [1.165, 1.54) is 23.1 Å². The predicted molar refractivity (Wildman–Crippen MR) is 110 cm³/mol. The summed E-state index contributed by atoms with van der Waals surface area (Å²) in [6.45, 7) is 3.05. The number of unbranched alkanes of at least 4 members (excludes halogenated alkanes) is 1. The van der Waals surface area contributed by atoms with Gasteiger partial charge in [0.2, 0.25) is 5.91 Å². The van der Waals surface area contributed by atoms with E-state index < -0.39 is 5.97 Å². The SMILES string of the molecule is CCCCN1C(=O)c2ccc(C(=O)Oc3ccc(N4CCCC4=O)cc3)cc2C1=O. The second kappa shape index (κ2) is 8.10. The number of nitrogens with zero attached hydrogens (tertiary/aromatic N) is 2. The maximum Gasteiger partial charge on any atom is 0.343 e. The van der Waals surface area contributed by atoms with E-state index in [0.29, 0.717) is 30.8 Å². The van der Waals surface area contributed by atoms with Gasteiger partial charge in [-0.15, -0.1) is 0 Å². The van der Waals surface area contributed by atoms with Crippen LogP contribution in [0.3, 0.4) is 0 Å². The Hall–Kier alpha value is -3.48. The van der Waals surface area contributed by atoms with Crippen molar-refractivity contribution in [3.63, 3.8) is 0 Å². The molecule has 7 heteroatoms. The van der Waals surface area contributed by atoms with Crippen LogP contribution in [-0.4, -0.2) is 41.7 Å². The number of esters is 1. The minimum Gasteiger partial charge on any atom is -0.423 e. The highest BCUT2D eigenvalue weighted by atomic mass is 16.5. The largest absolute Gasteiger partial charge is 0.423 e. The zero-order chi connectivity index (χ0) is 21.3. The summed E-state index contributed by atoms with van der Waals surface area (Å²) >= 11 is 0. The van der Waals surface area contributed by atoms with Crippen molar-refractivity contribution in [2.75, 3.05) is 18.0 Å². The lowest BCUT2D eigenvalue weighted by atomic mass is 10.1. The first-order chi connectivity index (χ1) is 14.5. The van der Waals surface area contributed by atoms with Crippen molar-refractivity contribution in [1.82, 2.24) is 4.90 Å². The van der Waals surface area contributed by atoms with Crippen molar-refractivity contribution in [3.8, 4) is 5.75 Å². The van der Waals surface area contributed by atoms with Gasteiger partial charge in [-0.1, -0.05) is 13.3 Å². The average molecular weight is 406 g/mol. The molecule has 2 aromatic rings. The van der Waals surface area contributed by atoms with Crippen molar-refractivity contribution in [2.45, 2.75) is 32.6 Å². The highest BCUT2D eigenvalue weighted by Gasteiger charge is 2.35. The summed E-state index contributed by atoms with van der Waals surface area (Å²) in [6.07, 6.45) is 2.99. The van der Waals surface area contributed by atoms with Crippen LogP contribution in [0.15, 0.2) is 42.5 Å². The Morgan fingerprint density at radius 1 is 1.00 bits per heavy atom. The van der Waals surface area contributed by atoms with Gasteiger partial charge in [-0.3, -0.25) is 19.3 Å². The topological polar surface area (TPSA) is 84.0 Å².